The second kappa shape index (κ2) is 11.8. The van der Waals surface area contributed by atoms with Gasteiger partial charge in [0.25, 0.3) is 0 Å². The third kappa shape index (κ3) is 4.39. The smallest absolute Gasteiger partial charge is 0.101 e. The lowest BCUT2D eigenvalue weighted by atomic mass is 10.0. The lowest BCUT2D eigenvalue weighted by Gasteiger charge is -2.14. The van der Waals surface area contributed by atoms with Crippen LogP contribution in [0.3, 0.4) is 0 Å². The van der Waals surface area contributed by atoms with E-state index in [1.54, 1.807) is 0 Å². The van der Waals surface area contributed by atoms with Crippen LogP contribution in [0.4, 0.5) is 0 Å². The molecule has 254 valence electrons. The molecule has 0 bridgehead atoms. The highest BCUT2D eigenvalue weighted by atomic mass is 15.0. The summed E-state index contributed by atoms with van der Waals surface area (Å²) in [5.74, 6) is 0. The molecule has 3 heterocycles. The summed E-state index contributed by atoms with van der Waals surface area (Å²) >= 11 is 0. The molecule has 11 aromatic rings. The van der Waals surface area contributed by atoms with Crippen molar-refractivity contribution in [1.29, 1.82) is 10.5 Å². The van der Waals surface area contributed by atoms with Crippen LogP contribution in [0.2, 0.25) is 0 Å². The summed E-state index contributed by atoms with van der Waals surface area (Å²) in [6.45, 7) is 0. The minimum absolute atomic E-state index is 0.565. The van der Waals surface area contributed by atoms with Crippen molar-refractivity contribution < 1.29 is 0 Å². The van der Waals surface area contributed by atoms with Crippen molar-refractivity contribution in [3.8, 4) is 40.3 Å². The van der Waals surface area contributed by atoms with E-state index in [1.165, 1.54) is 32.6 Å². The monoisotopic (exact) mass is 699 g/mol. The molecular formula is C50H29N5. The predicted molar refractivity (Wildman–Crippen MR) is 224 cm³/mol. The number of para-hydroxylation sites is 4. The fourth-order valence-electron chi connectivity index (χ4n) is 8.81. The van der Waals surface area contributed by atoms with Gasteiger partial charge in [-0.2, -0.15) is 10.5 Å². The summed E-state index contributed by atoms with van der Waals surface area (Å²) in [6.07, 6.45) is 0. The van der Waals surface area contributed by atoms with Gasteiger partial charge in [-0.1, -0.05) is 103 Å². The van der Waals surface area contributed by atoms with Gasteiger partial charge < -0.3 is 13.7 Å². The van der Waals surface area contributed by atoms with Crippen LogP contribution >= 0.6 is 0 Å². The highest BCUT2D eigenvalue weighted by Crippen LogP contribution is 2.41. The fraction of sp³-hybridized carbons (Fsp3) is 0. The van der Waals surface area contributed by atoms with Crippen molar-refractivity contribution in [3.63, 3.8) is 0 Å². The van der Waals surface area contributed by atoms with E-state index >= 15 is 0 Å². The molecule has 8 aromatic carbocycles. The lowest BCUT2D eigenvalue weighted by molar-refractivity contribution is 1.16. The quantitative estimate of drug-likeness (QED) is 0.184. The molecule has 0 N–H and O–H groups in total. The number of benzene rings is 8. The summed E-state index contributed by atoms with van der Waals surface area (Å²) in [4.78, 5) is 0. The molecule has 0 aliphatic heterocycles. The van der Waals surface area contributed by atoms with E-state index in [9.17, 15) is 10.5 Å². The van der Waals surface area contributed by atoms with Crippen molar-refractivity contribution in [2.45, 2.75) is 0 Å². The van der Waals surface area contributed by atoms with Crippen LogP contribution < -0.4 is 0 Å². The van der Waals surface area contributed by atoms with Gasteiger partial charge in [0.15, 0.2) is 0 Å². The van der Waals surface area contributed by atoms with E-state index in [-0.39, 0.29) is 0 Å². The molecule has 5 nitrogen and oxygen atoms in total. The first-order chi connectivity index (χ1) is 27.2. The normalized spacial score (nSPS) is 11.6. The Morgan fingerprint density at radius 2 is 0.800 bits per heavy atom. The summed E-state index contributed by atoms with van der Waals surface area (Å²) in [5.41, 5.74) is 12.7. The van der Waals surface area contributed by atoms with Gasteiger partial charge >= 0.3 is 0 Å². The lowest BCUT2D eigenvalue weighted by Crippen LogP contribution is -1.99. The molecule has 0 aliphatic carbocycles. The van der Waals surface area contributed by atoms with Crippen LogP contribution in [0.15, 0.2) is 176 Å². The Bertz CT molecular complexity index is 3400. The Hall–Kier alpha value is -7.86. The van der Waals surface area contributed by atoms with Crippen molar-refractivity contribution in [3.05, 3.63) is 187 Å². The van der Waals surface area contributed by atoms with Crippen LogP contribution in [-0.2, 0) is 0 Å². The van der Waals surface area contributed by atoms with Gasteiger partial charge in [-0.3, -0.25) is 0 Å². The Labute approximate surface area is 316 Å². The van der Waals surface area contributed by atoms with Gasteiger partial charge in [0.2, 0.25) is 0 Å². The summed E-state index contributed by atoms with van der Waals surface area (Å²) in [7, 11) is 0. The zero-order valence-corrected chi connectivity index (χ0v) is 29.5. The van der Waals surface area contributed by atoms with Gasteiger partial charge in [-0.15, -0.1) is 0 Å². The van der Waals surface area contributed by atoms with Crippen LogP contribution in [0.5, 0.6) is 0 Å². The molecule has 0 amide bonds. The van der Waals surface area contributed by atoms with Gasteiger partial charge in [-0.25, -0.2) is 0 Å². The summed E-state index contributed by atoms with van der Waals surface area (Å²) < 4.78 is 6.89. The van der Waals surface area contributed by atoms with Crippen LogP contribution in [0, 0.1) is 22.7 Å². The molecule has 55 heavy (non-hydrogen) atoms. The van der Waals surface area contributed by atoms with Crippen molar-refractivity contribution in [2.24, 2.45) is 0 Å². The van der Waals surface area contributed by atoms with Gasteiger partial charge in [0, 0.05) is 38.0 Å². The number of rotatable bonds is 4. The molecule has 0 saturated heterocycles. The standard InChI is InChI=1S/C50H29N5/c51-30-34-24-23-33(29-48(34)55-44-19-8-3-14-39(44)49-35(31-52)11-9-20-45(49)55)32-25-27-36(28-26-32)53-43-18-7-4-15-40(43)50-46(53)21-10-22-47(50)54-41-16-5-1-12-37(41)38-13-2-6-17-42(38)54/h1-29H. The molecule has 0 radical (unpaired) electrons. The molecule has 0 unspecified atom stereocenters. The average molecular weight is 700 g/mol. The first kappa shape index (κ1) is 30.7. The molecule has 0 saturated carbocycles. The molecule has 0 aliphatic rings. The summed E-state index contributed by atoms with van der Waals surface area (Å²) in [6, 6.07) is 66.0. The first-order valence-corrected chi connectivity index (χ1v) is 18.3. The molecular weight excluding hydrogens is 671 g/mol. The van der Waals surface area contributed by atoms with Gasteiger partial charge in [0.05, 0.1) is 61.7 Å². The third-order valence-electron chi connectivity index (χ3n) is 11.1. The fourth-order valence-corrected chi connectivity index (χ4v) is 8.81. The van der Waals surface area contributed by atoms with E-state index in [0.717, 1.165) is 61.0 Å². The summed E-state index contributed by atoms with van der Waals surface area (Å²) in [5, 5.41) is 27.1. The average Bonchev–Trinajstić information content (AvgIpc) is 3.89. The molecule has 3 aromatic heterocycles. The topological polar surface area (TPSA) is 62.4 Å². The van der Waals surface area contributed by atoms with Crippen molar-refractivity contribution in [1.82, 2.24) is 13.7 Å². The number of hydrogen-bond acceptors (Lipinski definition) is 2. The molecule has 0 fully saturated rings. The van der Waals surface area contributed by atoms with Crippen molar-refractivity contribution in [2.75, 3.05) is 0 Å². The second-order valence-corrected chi connectivity index (χ2v) is 13.9. The minimum atomic E-state index is 0.565. The predicted octanol–water partition coefficient (Wildman–Crippen LogP) is 12.4. The van der Waals surface area contributed by atoms with Gasteiger partial charge in [-0.05, 0) is 83.9 Å². The third-order valence-corrected chi connectivity index (χ3v) is 11.1. The highest BCUT2D eigenvalue weighted by Gasteiger charge is 2.20. The van der Waals surface area contributed by atoms with Crippen LogP contribution in [-0.4, -0.2) is 13.7 Å². The number of nitriles is 2. The SMILES string of the molecule is N#Cc1ccc(-c2ccc(-n3c4ccccc4c4c(-n5c6ccccc6c6ccccc65)cccc43)cc2)cc1-n1c2ccccc2c2c(C#N)cccc21. The van der Waals surface area contributed by atoms with E-state index in [0.29, 0.717) is 11.1 Å². The number of aromatic nitrogens is 3. The molecule has 5 heteroatoms. The Kier molecular flexibility index (Phi) is 6.61. The highest BCUT2D eigenvalue weighted by molar-refractivity contribution is 6.16. The van der Waals surface area contributed by atoms with E-state index in [2.05, 4.69) is 153 Å². The number of hydrogen-bond donors (Lipinski definition) is 0. The van der Waals surface area contributed by atoms with Crippen molar-refractivity contribution >= 4 is 65.4 Å². The van der Waals surface area contributed by atoms with Crippen LogP contribution in [0.1, 0.15) is 11.1 Å². The molecule has 11 rings (SSSR count). The largest absolute Gasteiger partial charge is 0.309 e. The number of nitrogens with zero attached hydrogens (tertiary/aromatic N) is 5. The Balaban J connectivity index is 1.08. The van der Waals surface area contributed by atoms with E-state index in [1.807, 2.05) is 48.5 Å². The maximum atomic E-state index is 10.3. The molecule has 0 atom stereocenters. The Morgan fingerprint density at radius 3 is 1.44 bits per heavy atom. The molecule has 0 spiro atoms. The second-order valence-electron chi connectivity index (χ2n) is 13.9. The zero-order valence-electron chi connectivity index (χ0n) is 29.5. The first-order valence-electron chi connectivity index (χ1n) is 18.3. The minimum Gasteiger partial charge on any atom is -0.309 e. The maximum absolute atomic E-state index is 10.3. The van der Waals surface area contributed by atoms with Crippen LogP contribution in [0.25, 0.3) is 93.6 Å². The zero-order chi connectivity index (χ0) is 36.6. The van der Waals surface area contributed by atoms with E-state index < -0.39 is 0 Å². The maximum Gasteiger partial charge on any atom is 0.101 e. The Morgan fingerprint density at radius 1 is 0.327 bits per heavy atom. The van der Waals surface area contributed by atoms with E-state index in [4.69, 9.17) is 0 Å². The number of fused-ring (bicyclic) bond motifs is 9. The van der Waals surface area contributed by atoms with Gasteiger partial charge in [0.1, 0.15) is 6.07 Å².